The average Bonchev–Trinajstić information content (AvgIpc) is 3.14. The molecule has 1 aliphatic rings. The molecule has 0 saturated heterocycles. The zero-order valence-electron chi connectivity index (χ0n) is 14.8. The first kappa shape index (κ1) is 19.0. The Bertz CT molecular complexity index is 831. The van der Waals surface area contributed by atoms with Crippen molar-refractivity contribution >= 4 is 23.4 Å². The second-order valence-electron chi connectivity index (χ2n) is 5.85. The molecule has 2 aromatic carbocycles. The molecular weight excluding hydrogens is 372 g/mol. The maximum absolute atomic E-state index is 12.2. The molecule has 1 heterocycles. The van der Waals surface area contributed by atoms with E-state index in [0.717, 1.165) is 0 Å². The fourth-order valence-corrected chi connectivity index (χ4v) is 2.89. The van der Waals surface area contributed by atoms with Crippen molar-refractivity contribution in [2.24, 2.45) is 0 Å². The zero-order valence-corrected chi connectivity index (χ0v) is 15.6. The van der Waals surface area contributed by atoms with Gasteiger partial charge in [-0.2, -0.15) is 0 Å². The topological polar surface area (TPSA) is 71.1 Å². The Labute approximate surface area is 161 Å². The molecule has 27 heavy (non-hydrogen) atoms. The van der Waals surface area contributed by atoms with E-state index in [1.165, 1.54) is 0 Å². The number of carbonyl (C=O) groups excluding carboxylic acids is 2. The van der Waals surface area contributed by atoms with Crippen LogP contribution in [0.4, 0.5) is 0 Å². The van der Waals surface area contributed by atoms with Gasteiger partial charge >= 0.3 is 5.97 Å². The summed E-state index contributed by atoms with van der Waals surface area (Å²) in [6, 6.07) is 10.2. The Balaban J connectivity index is 1.47. The third kappa shape index (κ3) is 4.92. The zero-order chi connectivity index (χ0) is 19.2. The van der Waals surface area contributed by atoms with E-state index in [2.05, 4.69) is 0 Å². The molecule has 2 aromatic rings. The van der Waals surface area contributed by atoms with Crippen molar-refractivity contribution < 1.29 is 28.5 Å². The van der Waals surface area contributed by atoms with E-state index in [-0.39, 0.29) is 32.0 Å². The quantitative estimate of drug-likeness (QED) is 0.497. The second kappa shape index (κ2) is 8.77. The van der Waals surface area contributed by atoms with Gasteiger partial charge in [0.25, 0.3) is 0 Å². The van der Waals surface area contributed by atoms with Crippen molar-refractivity contribution in [1.82, 2.24) is 0 Å². The first-order chi connectivity index (χ1) is 13.1. The van der Waals surface area contributed by atoms with Gasteiger partial charge < -0.3 is 18.9 Å². The fourth-order valence-electron chi connectivity index (χ4n) is 2.60. The maximum Gasteiger partial charge on any atom is 0.306 e. The number of hydrogen-bond acceptors (Lipinski definition) is 6. The molecule has 0 aromatic heterocycles. The van der Waals surface area contributed by atoms with Crippen LogP contribution in [0, 0.1) is 0 Å². The number of esters is 1. The molecule has 6 nitrogen and oxygen atoms in total. The number of halogens is 1. The summed E-state index contributed by atoms with van der Waals surface area (Å²) in [5.41, 5.74) is 1.23. The van der Waals surface area contributed by atoms with Gasteiger partial charge in [0.2, 0.25) is 6.79 Å². The third-order valence-corrected chi connectivity index (χ3v) is 4.21. The summed E-state index contributed by atoms with van der Waals surface area (Å²) in [5.74, 6) is 1.15. The normalized spacial score (nSPS) is 11.9. The molecule has 0 amide bonds. The van der Waals surface area contributed by atoms with Crippen molar-refractivity contribution in [2.45, 2.75) is 26.4 Å². The number of ether oxygens (including phenoxy) is 4. The van der Waals surface area contributed by atoms with Crippen LogP contribution in [0.25, 0.3) is 0 Å². The third-order valence-electron chi connectivity index (χ3n) is 3.93. The predicted octanol–water partition coefficient (Wildman–Crippen LogP) is 4.17. The second-order valence-corrected chi connectivity index (χ2v) is 6.26. The average molecular weight is 391 g/mol. The van der Waals surface area contributed by atoms with Crippen molar-refractivity contribution in [3.05, 3.63) is 52.5 Å². The number of fused-ring (bicyclic) bond motifs is 1. The minimum absolute atomic E-state index is 0.00429. The van der Waals surface area contributed by atoms with Crippen LogP contribution in [0.2, 0.25) is 5.02 Å². The smallest absolute Gasteiger partial charge is 0.306 e. The number of hydrogen-bond donors (Lipinski definition) is 0. The largest absolute Gasteiger partial charge is 0.494 e. The van der Waals surface area contributed by atoms with E-state index in [9.17, 15) is 9.59 Å². The van der Waals surface area contributed by atoms with Crippen LogP contribution in [0.3, 0.4) is 0 Å². The van der Waals surface area contributed by atoms with Crippen molar-refractivity contribution in [3.8, 4) is 17.2 Å². The predicted molar refractivity (Wildman–Crippen MR) is 98.5 cm³/mol. The molecule has 0 aliphatic carbocycles. The Morgan fingerprint density at radius 2 is 1.89 bits per heavy atom. The Morgan fingerprint density at radius 3 is 2.63 bits per heavy atom. The van der Waals surface area contributed by atoms with Gasteiger partial charge in [-0.1, -0.05) is 11.6 Å². The molecule has 0 radical (unpaired) electrons. The Morgan fingerprint density at radius 1 is 1.11 bits per heavy atom. The summed E-state index contributed by atoms with van der Waals surface area (Å²) < 4.78 is 21.1. The minimum atomic E-state index is -0.455. The van der Waals surface area contributed by atoms with Crippen molar-refractivity contribution in [2.75, 3.05) is 13.4 Å². The van der Waals surface area contributed by atoms with Crippen LogP contribution in [0.5, 0.6) is 17.2 Å². The number of benzene rings is 2. The molecule has 0 saturated carbocycles. The summed E-state index contributed by atoms with van der Waals surface area (Å²) in [6.07, 6.45) is 0.0824. The van der Waals surface area contributed by atoms with E-state index in [1.807, 2.05) is 6.92 Å². The lowest BCUT2D eigenvalue weighted by atomic mass is 10.1. The molecule has 0 bridgehead atoms. The van der Waals surface area contributed by atoms with Gasteiger partial charge in [-0.15, -0.1) is 0 Å². The lowest BCUT2D eigenvalue weighted by Gasteiger charge is -2.07. The summed E-state index contributed by atoms with van der Waals surface area (Å²) in [6.45, 7) is 2.62. The number of rotatable bonds is 8. The molecule has 0 unspecified atom stereocenters. The van der Waals surface area contributed by atoms with Crippen molar-refractivity contribution in [1.29, 1.82) is 0 Å². The SMILES string of the molecule is CCOc1ccc(C(=O)CCC(=O)OCc2cc(Cl)c3c(c2)OCO3)cc1. The standard InChI is InChI=1S/C20H19ClO6/c1-2-24-15-5-3-14(4-6-15)17(22)7-8-19(23)25-11-13-9-16(21)20-18(10-13)26-12-27-20/h3-6,9-10H,2,7-8,11-12H2,1H3. The summed E-state index contributed by atoms with van der Waals surface area (Å²) in [7, 11) is 0. The van der Waals surface area contributed by atoms with Gasteiger partial charge in [-0.3, -0.25) is 9.59 Å². The van der Waals surface area contributed by atoms with Crippen LogP contribution in [-0.2, 0) is 16.1 Å². The summed E-state index contributed by atoms with van der Waals surface area (Å²) >= 11 is 6.09. The number of ketones is 1. The van der Waals surface area contributed by atoms with E-state index in [0.29, 0.717) is 40.0 Å². The van der Waals surface area contributed by atoms with E-state index in [4.69, 9.17) is 30.5 Å². The molecule has 142 valence electrons. The van der Waals surface area contributed by atoms with Crippen LogP contribution in [0.15, 0.2) is 36.4 Å². The number of Topliss-reactive ketones (excluding diaryl/α,β-unsaturated/α-hetero) is 1. The highest BCUT2D eigenvalue weighted by molar-refractivity contribution is 6.32. The van der Waals surface area contributed by atoms with Gasteiger partial charge in [0.1, 0.15) is 12.4 Å². The summed E-state index contributed by atoms with van der Waals surface area (Å²) in [4.78, 5) is 24.1. The van der Waals surface area contributed by atoms with Gasteiger partial charge in [0.15, 0.2) is 17.3 Å². The van der Waals surface area contributed by atoms with Gasteiger partial charge in [0.05, 0.1) is 18.1 Å². The molecule has 3 rings (SSSR count). The van der Waals surface area contributed by atoms with Gasteiger partial charge in [0, 0.05) is 12.0 Å². The van der Waals surface area contributed by atoms with Gasteiger partial charge in [-0.25, -0.2) is 0 Å². The Hall–Kier alpha value is -2.73. The Kier molecular flexibility index (Phi) is 6.19. The van der Waals surface area contributed by atoms with Crippen LogP contribution in [0.1, 0.15) is 35.7 Å². The van der Waals surface area contributed by atoms with Crippen molar-refractivity contribution in [3.63, 3.8) is 0 Å². The molecule has 0 spiro atoms. The lowest BCUT2D eigenvalue weighted by molar-refractivity contribution is -0.144. The first-order valence-corrected chi connectivity index (χ1v) is 8.94. The molecule has 1 aliphatic heterocycles. The molecular formula is C20H19ClO6. The lowest BCUT2D eigenvalue weighted by Crippen LogP contribution is -2.08. The molecule has 0 fully saturated rings. The van der Waals surface area contributed by atoms with E-state index < -0.39 is 5.97 Å². The highest BCUT2D eigenvalue weighted by Crippen LogP contribution is 2.39. The summed E-state index contributed by atoms with van der Waals surface area (Å²) in [5, 5.41) is 0.404. The van der Waals surface area contributed by atoms with Crippen LogP contribution >= 0.6 is 11.6 Å². The number of carbonyl (C=O) groups is 2. The van der Waals surface area contributed by atoms with Crippen LogP contribution < -0.4 is 14.2 Å². The minimum Gasteiger partial charge on any atom is -0.494 e. The van der Waals surface area contributed by atoms with E-state index >= 15 is 0 Å². The first-order valence-electron chi connectivity index (χ1n) is 8.56. The molecule has 7 heteroatoms. The monoisotopic (exact) mass is 390 g/mol. The fraction of sp³-hybridized carbons (Fsp3) is 0.300. The molecule has 0 atom stereocenters. The van der Waals surface area contributed by atoms with Crippen LogP contribution in [-0.4, -0.2) is 25.2 Å². The maximum atomic E-state index is 12.2. The molecule has 0 N–H and O–H groups in total. The van der Waals surface area contributed by atoms with Gasteiger partial charge in [-0.05, 0) is 48.9 Å². The highest BCUT2D eigenvalue weighted by Gasteiger charge is 2.19. The van der Waals surface area contributed by atoms with E-state index in [1.54, 1.807) is 36.4 Å². The highest BCUT2D eigenvalue weighted by atomic mass is 35.5.